The smallest absolute Gasteiger partial charge is 0.317 e. The molecule has 2 aliphatic carbocycles. The van der Waals surface area contributed by atoms with Crippen LogP contribution >= 0.6 is 0 Å². The lowest BCUT2D eigenvalue weighted by atomic mass is 9.69. The Hall–Kier alpha value is -1.30. The highest BCUT2D eigenvalue weighted by Gasteiger charge is 2.45. The van der Waals surface area contributed by atoms with Crippen molar-refractivity contribution in [1.29, 1.82) is 0 Å². The Morgan fingerprint density at radius 2 is 2.00 bits per heavy atom. The lowest BCUT2D eigenvalue weighted by Crippen LogP contribution is -2.51. The molecule has 2 aliphatic rings. The lowest BCUT2D eigenvalue weighted by Gasteiger charge is -2.38. The summed E-state index contributed by atoms with van der Waals surface area (Å²) in [6, 6.07) is -0.0293. The highest BCUT2D eigenvalue weighted by Crippen LogP contribution is 2.40. The first-order chi connectivity index (χ1) is 8.59. The van der Waals surface area contributed by atoms with Crippen molar-refractivity contribution in [2.45, 2.75) is 38.1 Å². The molecule has 0 atom stereocenters. The minimum Gasteiger partial charge on any atom is -0.481 e. The lowest BCUT2D eigenvalue weighted by molar-refractivity contribution is -0.153. The number of nitrogens with zero attached hydrogens (tertiary/aromatic N) is 1. The van der Waals surface area contributed by atoms with E-state index in [1.165, 1.54) is 0 Å². The van der Waals surface area contributed by atoms with Gasteiger partial charge in [0.05, 0.1) is 12.0 Å². The number of hydrogen-bond donors (Lipinski definition) is 3. The fraction of sp³-hybridized carbons (Fsp3) is 0.833. The minimum absolute atomic E-state index is 0.0615. The summed E-state index contributed by atoms with van der Waals surface area (Å²) in [7, 11) is 0. The third-order valence-corrected chi connectivity index (χ3v) is 3.93. The topological polar surface area (TPSA) is 89.9 Å². The van der Waals surface area contributed by atoms with Gasteiger partial charge in [0.2, 0.25) is 0 Å². The summed E-state index contributed by atoms with van der Waals surface area (Å²) < 4.78 is 0. The molecule has 6 nitrogen and oxygen atoms in total. The number of rotatable bonds is 6. The van der Waals surface area contributed by atoms with Crippen LogP contribution < -0.4 is 5.32 Å². The van der Waals surface area contributed by atoms with E-state index in [4.69, 9.17) is 10.2 Å². The van der Waals surface area contributed by atoms with Gasteiger partial charge in [-0.15, -0.1) is 0 Å². The van der Waals surface area contributed by atoms with E-state index in [-0.39, 0.29) is 25.2 Å². The number of carboxylic acids is 1. The number of aliphatic carboxylic acids is 1. The molecule has 3 N–H and O–H groups in total. The van der Waals surface area contributed by atoms with Gasteiger partial charge in [0.1, 0.15) is 0 Å². The predicted octanol–water partition coefficient (Wildman–Crippen LogP) is 0.408. The molecule has 0 bridgehead atoms. The zero-order valence-electron chi connectivity index (χ0n) is 10.4. The van der Waals surface area contributed by atoms with E-state index >= 15 is 0 Å². The van der Waals surface area contributed by atoms with E-state index in [0.29, 0.717) is 19.4 Å². The molecule has 102 valence electrons. The molecule has 18 heavy (non-hydrogen) atoms. The summed E-state index contributed by atoms with van der Waals surface area (Å²) in [5.41, 5.74) is -0.760. The van der Waals surface area contributed by atoms with E-state index in [1.807, 2.05) is 0 Å². The van der Waals surface area contributed by atoms with E-state index in [0.717, 1.165) is 19.3 Å². The number of hydrogen-bond acceptors (Lipinski definition) is 3. The summed E-state index contributed by atoms with van der Waals surface area (Å²) >= 11 is 0. The fourth-order valence-electron chi connectivity index (χ4n) is 2.36. The van der Waals surface area contributed by atoms with Crippen LogP contribution in [0.4, 0.5) is 4.79 Å². The normalized spacial score (nSPS) is 20.9. The van der Waals surface area contributed by atoms with Crippen molar-refractivity contribution in [3.05, 3.63) is 0 Å². The second-order valence-corrected chi connectivity index (χ2v) is 5.25. The molecule has 0 saturated heterocycles. The molecule has 2 rings (SSSR count). The number of urea groups is 1. The molecule has 6 heteroatoms. The van der Waals surface area contributed by atoms with Gasteiger partial charge >= 0.3 is 12.0 Å². The van der Waals surface area contributed by atoms with Crippen molar-refractivity contribution < 1.29 is 19.8 Å². The number of aliphatic hydroxyl groups is 1. The number of amides is 2. The third kappa shape index (κ3) is 2.58. The van der Waals surface area contributed by atoms with E-state index in [9.17, 15) is 9.59 Å². The first kappa shape index (κ1) is 13.1. The summed E-state index contributed by atoms with van der Waals surface area (Å²) in [5, 5.41) is 20.8. The third-order valence-electron chi connectivity index (χ3n) is 3.93. The molecule has 2 amide bonds. The maximum atomic E-state index is 11.9. The first-order valence-corrected chi connectivity index (χ1v) is 6.48. The van der Waals surface area contributed by atoms with Crippen LogP contribution in [-0.2, 0) is 4.79 Å². The highest BCUT2D eigenvalue weighted by molar-refractivity contribution is 5.79. The van der Waals surface area contributed by atoms with Crippen molar-refractivity contribution in [3.63, 3.8) is 0 Å². The van der Waals surface area contributed by atoms with Crippen LogP contribution in [0.25, 0.3) is 0 Å². The van der Waals surface area contributed by atoms with Gasteiger partial charge in [-0.1, -0.05) is 6.42 Å². The van der Waals surface area contributed by atoms with Gasteiger partial charge in [0.25, 0.3) is 0 Å². The Labute approximate surface area is 106 Å². The van der Waals surface area contributed by atoms with Crippen LogP contribution in [0.2, 0.25) is 0 Å². The SMILES string of the molecule is O=C(NCC1(C(=O)O)CCC1)N(CCO)C1CC1. The standard InChI is InChI=1S/C12H20N2O4/c15-7-6-14(9-2-3-9)11(18)13-8-12(10(16)17)4-1-5-12/h9,15H,1-8H2,(H,13,18)(H,16,17). The number of carboxylic acid groups (broad SMARTS) is 1. The van der Waals surface area contributed by atoms with Crippen molar-refractivity contribution in [2.75, 3.05) is 19.7 Å². The van der Waals surface area contributed by atoms with Gasteiger partial charge < -0.3 is 20.4 Å². The van der Waals surface area contributed by atoms with Crippen molar-refractivity contribution >= 4 is 12.0 Å². The molecule has 2 saturated carbocycles. The van der Waals surface area contributed by atoms with Crippen LogP contribution in [0.5, 0.6) is 0 Å². The highest BCUT2D eigenvalue weighted by atomic mass is 16.4. The molecule has 0 aromatic rings. The molecule has 0 unspecified atom stereocenters. The molecule has 0 aromatic carbocycles. The molecular weight excluding hydrogens is 236 g/mol. The number of carbonyl (C=O) groups is 2. The van der Waals surface area contributed by atoms with Crippen LogP contribution in [0.3, 0.4) is 0 Å². The zero-order chi connectivity index (χ0) is 13.2. The monoisotopic (exact) mass is 256 g/mol. The summed E-state index contributed by atoms with van der Waals surface area (Å²) in [5.74, 6) is -0.825. The first-order valence-electron chi connectivity index (χ1n) is 6.48. The number of carbonyl (C=O) groups excluding carboxylic acids is 1. The van der Waals surface area contributed by atoms with Crippen LogP contribution in [0, 0.1) is 5.41 Å². The molecule has 0 aromatic heterocycles. The minimum atomic E-state index is -0.825. The maximum absolute atomic E-state index is 11.9. The molecule has 0 radical (unpaired) electrons. The van der Waals surface area contributed by atoms with Gasteiger partial charge in [-0.05, 0) is 25.7 Å². The number of aliphatic hydroxyl groups excluding tert-OH is 1. The van der Waals surface area contributed by atoms with Gasteiger partial charge in [-0.2, -0.15) is 0 Å². The molecule has 0 heterocycles. The largest absolute Gasteiger partial charge is 0.481 e. The molecule has 0 aliphatic heterocycles. The Bertz CT molecular complexity index is 337. The maximum Gasteiger partial charge on any atom is 0.317 e. The summed E-state index contributed by atoms with van der Waals surface area (Å²) in [4.78, 5) is 24.7. The summed E-state index contributed by atoms with van der Waals surface area (Å²) in [6.45, 7) is 0.445. The number of nitrogens with one attached hydrogen (secondary N) is 1. The van der Waals surface area contributed by atoms with E-state index in [1.54, 1.807) is 4.90 Å². The zero-order valence-corrected chi connectivity index (χ0v) is 10.4. The van der Waals surface area contributed by atoms with Crippen LogP contribution in [0.15, 0.2) is 0 Å². The Morgan fingerprint density at radius 3 is 2.39 bits per heavy atom. The molecule has 2 fully saturated rings. The molecule has 0 spiro atoms. The van der Waals surface area contributed by atoms with Crippen LogP contribution in [-0.4, -0.2) is 52.9 Å². The van der Waals surface area contributed by atoms with Gasteiger partial charge in [0.15, 0.2) is 0 Å². The fourth-order valence-corrected chi connectivity index (χ4v) is 2.36. The predicted molar refractivity (Wildman–Crippen MR) is 64.1 cm³/mol. The van der Waals surface area contributed by atoms with Gasteiger partial charge in [0, 0.05) is 19.1 Å². The summed E-state index contributed by atoms with van der Waals surface area (Å²) in [6.07, 6.45) is 4.11. The van der Waals surface area contributed by atoms with Crippen molar-refractivity contribution in [3.8, 4) is 0 Å². The Balaban J connectivity index is 1.84. The average molecular weight is 256 g/mol. The second kappa shape index (κ2) is 5.14. The Kier molecular flexibility index (Phi) is 3.75. The quantitative estimate of drug-likeness (QED) is 0.642. The van der Waals surface area contributed by atoms with Gasteiger partial charge in [-0.3, -0.25) is 4.79 Å². The average Bonchev–Trinajstić information content (AvgIpc) is 3.07. The van der Waals surface area contributed by atoms with E-state index < -0.39 is 11.4 Å². The second-order valence-electron chi connectivity index (χ2n) is 5.25. The van der Waals surface area contributed by atoms with Crippen molar-refractivity contribution in [1.82, 2.24) is 10.2 Å². The van der Waals surface area contributed by atoms with E-state index in [2.05, 4.69) is 5.32 Å². The molecular formula is C12H20N2O4. The van der Waals surface area contributed by atoms with Gasteiger partial charge in [-0.25, -0.2) is 4.79 Å². The van der Waals surface area contributed by atoms with Crippen molar-refractivity contribution in [2.24, 2.45) is 5.41 Å². The Morgan fingerprint density at radius 1 is 1.33 bits per heavy atom. The van der Waals surface area contributed by atoms with Crippen LogP contribution in [0.1, 0.15) is 32.1 Å².